The molecule has 0 aliphatic heterocycles. The highest BCUT2D eigenvalue weighted by Gasteiger charge is 2.14. The first-order valence-electron chi connectivity index (χ1n) is 9.43. The molecular formula is C23H23ClN4O2. The third-order valence-electron chi connectivity index (χ3n) is 4.75. The summed E-state index contributed by atoms with van der Waals surface area (Å²) in [4.78, 5) is 24.2. The van der Waals surface area contributed by atoms with Crippen LogP contribution in [0.1, 0.15) is 28.1 Å². The molecule has 30 heavy (non-hydrogen) atoms. The smallest absolute Gasteiger partial charge is 0.318 e. The minimum atomic E-state index is -0.837. The van der Waals surface area contributed by atoms with Crippen LogP contribution in [0.2, 0.25) is 5.02 Å². The van der Waals surface area contributed by atoms with E-state index in [0.717, 1.165) is 33.8 Å². The van der Waals surface area contributed by atoms with Crippen LogP contribution in [0, 0.1) is 27.7 Å². The van der Waals surface area contributed by atoms with Crippen LogP contribution in [0.25, 0.3) is 5.69 Å². The van der Waals surface area contributed by atoms with Crippen molar-refractivity contribution in [1.29, 1.82) is 0 Å². The number of carbonyl (C=O) groups is 2. The number of benzene rings is 2. The van der Waals surface area contributed by atoms with Gasteiger partial charge in [0, 0.05) is 33.3 Å². The number of halogens is 1. The monoisotopic (exact) mass is 422 g/mol. The summed E-state index contributed by atoms with van der Waals surface area (Å²) in [7, 11) is 0. The maximum Gasteiger partial charge on any atom is 0.329 e. The van der Waals surface area contributed by atoms with Crippen molar-refractivity contribution >= 4 is 35.3 Å². The summed E-state index contributed by atoms with van der Waals surface area (Å²) in [5.41, 5.74) is 8.44. The summed E-state index contributed by atoms with van der Waals surface area (Å²) >= 11 is 6.11. The van der Waals surface area contributed by atoms with Gasteiger partial charge in [-0.25, -0.2) is 5.43 Å². The molecular weight excluding hydrogens is 400 g/mol. The van der Waals surface area contributed by atoms with Gasteiger partial charge < -0.3 is 9.88 Å². The number of aromatic nitrogens is 1. The van der Waals surface area contributed by atoms with Gasteiger partial charge in [-0.2, -0.15) is 5.10 Å². The molecule has 0 bridgehead atoms. The first-order valence-corrected chi connectivity index (χ1v) is 9.80. The highest BCUT2D eigenvalue weighted by Crippen LogP contribution is 2.22. The SMILES string of the molecule is Cc1ccc(C)c(NC(=O)C(=O)N/N=C\c2cc(C)n(-c3cccc(Cl)c3)c2C)c1. The second-order valence-electron chi connectivity index (χ2n) is 7.11. The lowest BCUT2D eigenvalue weighted by molar-refractivity contribution is -0.136. The van der Waals surface area contributed by atoms with Crippen molar-refractivity contribution in [1.82, 2.24) is 9.99 Å². The Morgan fingerprint density at radius 2 is 1.77 bits per heavy atom. The number of nitrogens with zero attached hydrogens (tertiary/aromatic N) is 2. The molecule has 0 saturated heterocycles. The van der Waals surface area contributed by atoms with E-state index in [1.54, 1.807) is 0 Å². The molecule has 6 nitrogen and oxygen atoms in total. The lowest BCUT2D eigenvalue weighted by atomic mass is 10.1. The molecule has 0 radical (unpaired) electrons. The van der Waals surface area contributed by atoms with Crippen LogP contribution in [0.15, 0.2) is 53.6 Å². The van der Waals surface area contributed by atoms with Crippen molar-refractivity contribution in [2.75, 3.05) is 5.32 Å². The van der Waals surface area contributed by atoms with Crippen LogP contribution < -0.4 is 10.7 Å². The predicted octanol–water partition coefficient (Wildman–Crippen LogP) is 4.45. The van der Waals surface area contributed by atoms with Gasteiger partial charge in [0.05, 0.1) is 6.21 Å². The van der Waals surface area contributed by atoms with Crippen molar-refractivity contribution in [3.05, 3.63) is 81.6 Å². The van der Waals surface area contributed by atoms with Gasteiger partial charge in [0.1, 0.15) is 0 Å². The third kappa shape index (κ3) is 4.78. The number of rotatable bonds is 4. The molecule has 1 heterocycles. The zero-order valence-electron chi connectivity index (χ0n) is 17.3. The van der Waals surface area contributed by atoms with Crippen molar-refractivity contribution in [2.24, 2.45) is 5.10 Å². The van der Waals surface area contributed by atoms with Crippen LogP contribution in [-0.2, 0) is 9.59 Å². The van der Waals surface area contributed by atoms with E-state index in [0.29, 0.717) is 10.7 Å². The highest BCUT2D eigenvalue weighted by molar-refractivity contribution is 6.39. The normalized spacial score (nSPS) is 11.0. The van der Waals surface area contributed by atoms with Crippen molar-refractivity contribution in [2.45, 2.75) is 27.7 Å². The van der Waals surface area contributed by atoms with Gasteiger partial charge in [-0.1, -0.05) is 29.8 Å². The first-order chi connectivity index (χ1) is 14.3. The Morgan fingerprint density at radius 3 is 2.50 bits per heavy atom. The zero-order valence-corrected chi connectivity index (χ0v) is 18.0. The summed E-state index contributed by atoms with van der Waals surface area (Å²) < 4.78 is 2.04. The molecule has 154 valence electrons. The number of hydrogen-bond donors (Lipinski definition) is 2. The number of hydrogen-bond acceptors (Lipinski definition) is 3. The van der Waals surface area contributed by atoms with E-state index in [2.05, 4.69) is 15.8 Å². The maximum atomic E-state index is 12.1. The number of aryl methyl sites for hydroxylation is 3. The summed E-state index contributed by atoms with van der Waals surface area (Å²) in [6.45, 7) is 7.70. The maximum absolute atomic E-state index is 12.1. The van der Waals surface area contributed by atoms with E-state index >= 15 is 0 Å². The first kappa shape index (κ1) is 21.3. The molecule has 2 aromatic carbocycles. The largest absolute Gasteiger partial charge is 0.329 e. The minimum absolute atomic E-state index is 0.601. The summed E-state index contributed by atoms with van der Waals surface area (Å²) in [6.07, 6.45) is 1.52. The summed E-state index contributed by atoms with van der Waals surface area (Å²) in [5.74, 6) is -1.61. The standard InChI is InChI=1S/C23H23ClN4O2/c1-14-8-9-15(2)21(10-14)26-22(29)23(30)27-25-13-18-11-16(3)28(17(18)4)20-7-5-6-19(24)12-20/h5-13H,1-4H3,(H,26,29)(H,27,30)/b25-13-. The van der Waals surface area contributed by atoms with E-state index < -0.39 is 11.8 Å². The van der Waals surface area contributed by atoms with Gasteiger partial charge in [-0.3, -0.25) is 9.59 Å². The fourth-order valence-corrected chi connectivity index (χ4v) is 3.38. The average Bonchev–Trinajstić information content (AvgIpc) is 2.98. The molecule has 0 aliphatic carbocycles. The van der Waals surface area contributed by atoms with Gasteiger partial charge in [-0.15, -0.1) is 0 Å². The summed E-state index contributed by atoms with van der Waals surface area (Å²) in [5, 5.41) is 7.21. The lowest BCUT2D eigenvalue weighted by Crippen LogP contribution is -2.32. The van der Waals surface area contributed by atoms with Crippen LogP contribution >= 0.6 is 11.6 Å². The van der Waals surface area contributed by atoms with Crippen LogP contribution in [-0.4, -0.2) is 22.6 Å². The molecule has 0 spiro atoms. The van der Waals surface area contributed by atoms with E-state index in [1.807, 2.05) is 80.8 Å². The van der Waals surface area contributed by atoms with Crippen LogP contribution in [0.3, 0.4) is 0 Å². The molecule has 2 N–H and O–H groups in total. The molecule has 0 fully saturated rings. The zero-order chi connectivity index (χ0) is 21.8. The molecule has 0 unspecified atom stereocenters. The molecule has 1 aromatic heterocycles. The second kappa shape index (κ2) is 8.97. The fourth-order valence-electron chi connectivity index (χ4n) is 3.19. The number of carbonyl (C=O) groups excluding carboxylic acids is 2. The quantitative estimate of drug-likeness (QED) is 0.370. The summed E-state index contributed by atoms with van der Waals surface area (Å²) in [6, 6.07) is 15.1. The van der Waals surface area contributed by atoms with E-state index in [-0.39, 0.29) is 0 Å². The number of anilines is 1. The predicted molar refractivity (Wildman–Crippen MR) is 121 cm³/mol. The Kier molecular flexibility index (Phi) is 6.37. The topological polar surface area (TPSA) is 75.5 Å². The van der Waals surface area contributed by atoms with Gasteiger partial charge in [0.25, 0.3) is 0 Å². The fraction of sp³-hybridized carbons (Fsp3) is 0.174. The van der Waals surface area contributed by atoms with Crippen molar-refractivity contribution < 1.29 is 9.59 Å². The number of amides is 2. The average molecular weight is 423 g/mol. The van der Waals surface area contributed by atoms with Gasteiger partial charge in [0.2, 0.25) is 0 Å². The number of nitrogens with one attached hydrogen (secondary N) is 2. The van der Waals surface area contributed by atoms with Gasteiger partial charge in [-0.05, 0) is 69.2 Å². The molecule has 0 saturated carbocycles. The molecule has 3 rings (SSSR count). The Labute approximate surface area is 180 Å². The Balaban J connectivity index is 1.69. The molecule has 0 atom stereocenters. The van der Waals surface area contributed by atoms with Crippen molar-refractivity contribution in [3.63, 3.8) is 0 Å². The highest BCUT2D eigenvalue weighted by atomic mass is 35.5. The van der Waals surface area contributed by atoms with Gasteiger partial charge in [0.15, 0.2) is 0 Å². The van der Waals surface area contributed by atoms with E-state index in [4.69, 9.17) is 11.6 Å². The Morgan fingerprint density at radius 1 is 1.00 bits per heavy atom. The van der Waals surface area contributed by atoms with Crippen LogP contribution in [0.4, 0.5) is 5.69 Å². The lowest BCUT2D eigenvalue weighted by Gasteiger charge is -2.09. The minimum Gasteiger partial charge on any atom is -0.318 e. The molecule has 7 heteroatoms. The van der Waals surface area contributed by atoms with Crippen molar-refractivity contribution in [3.8, 4) is 5.69 Å². The van der Waals surface area contributed by atoms with Crippen LogP contribution in [0.5, 0.6) is 0 Å². The Hall–Kier alpha value is -3.38. The molecule has 3 aromatic rings. The van der Waals surface area contributed by atoms with E-state index in [1.165, 1.54) is 6.21 Å². The number of hydrazone groups is 1. The third-order valence-corrected chi connectivity index (χ3v) is 4.99. The Bertz CT molecular complexity index is 1150. The second-order valence-corrected chi connectivity index (χ2v) is 7.55. The van der Waals surface area contributed by atoms with E-state index in [9.17, 15) is 9.59 Å². The van der Waals surface area contributed by atoms with Gasteiger partial charge >= 0.3 is 11.8 Å². The molecule has 0 aliphatic rings. The molecule has 2 amide bonds.